The lowest BCUT2D eigenvalue weighted by atomic mass is 9.85. The first kappa shape index (κ1) is 24.8. The molecule has 4 heteroatoms. The molecule has 1 rings (SSSR count). The molecular weight excluding hydrogens is 350 g/mol. The summed E-state index contributed by atoms with van der Waals surface area (Å²) in [6, 6.07) is 8.55. The van der Waals surface area contributed by atoms with Gasteiger partial charge in [-0.1, -0.05) is 95.3 Å². The summed E-state index contributed by atoms with van der Waals surface area (Å²) in [7, 11) is 0. The summed E-state index contributed by atoms with van der Waals surface area (Å²) in [5.74, 6) is 0.594. The predicted octanol–water partition coefficient (Wildman–Crippen LogP) is 5.68. The van der Waals surface area contributed by atoms with Crippen LogP contribution in [0, 0.1) is 17.4 Å². The van der Waals surface area contributed by atoms with Crippen LogP contribution in [0.25, 0.3) is 0 Å². The molecule has 0 saturated carbocycles. The summed E-state index contributed by atoms with van der Waals surface area (Å²) < 4.78 is 2.75. The highest BCUT2D eigenvalue weighted by molar-refractivity contribution is 7.78. The van der Waals surface area contributed by atoms with Gasteiger partial charge in [0.05, 0.1) is 0 Å². The van der Waals surface area contributed by atoms with Crippen molar-refractivity contribution in [1.29, 1.82) is 5.26 Å². The zero-order valence-electron chi connectivity index (χ0n) is 17.0. The van der Waals surface area contributed by atoms with E-state index in [9.17, 15) is 0 Å². The molecule has 146 valence electrons. The first-order chi connectivity index (χ1) is 12.9. The average Bonchev–Trinajstić information content (AvgIpc) is 2.66. The smallest absolute Gasteiger partial charge is 0.181 e. The Morgan fingerprint density at radius 2 is 1.93 bits per heavy atom. The molecule has 0 heterocycles. The van der Waals surface area contributed by atoms with Gasteiger partial charge in [-0.05, 0) is 36.0 Å². The van der Waals surface area contributed by atoms with Crippen molar-refractivity contribution < 1.29 is 0 Å². The van der Waals surface area contributed by atoms with Crippen LogP contribution in [-0.2, 0) is 6.42 Å². The standard InChI is InChI=1S/C15H20N2.C8H13NS/c1-5-13-6-8-14(9-7-13)15(11(2)3)12(4)17-10-16;1-3-5-6-8(4-2)7-9-10/h6-9,11,15,17H,4-5H2,1-3H3;3-6,9-10H,2,7H2,1H3/b;5-3-,8-6+. The molecule has 0 aromatic heterocycles. The van der Waals surface area contributed by atoms with Crippen molar-refractivity contribution in [2.75, 3.05) is 6.54 Å². The van der Waals surface area contributed by atoms with Crippen molar-refractivity contribution in [2.45, 2.75) is 40.0 Å². The normalized spacial score (nSPS) is 12.1. The van der Waals surface area contributed by atoms with Crippen LogP contribution in [-0.4, -0.2) is 6.54 Å². The molecule has 0 saturated heterocycles. The maximum atomic E-state index is 8.67. The average molecular weight is 384 g/mol. The van der Waals surface area contributed by atoms with Gasteiger partial charge in [-0.3, -0.25) is 10.0 Å². The van der Waals surface area contributed by atoms with Crippen molar-refractivity contribution >= 4 is 12.8 Å². The highest BCUT2D eigenvalue weighted by Gasteiger charge is 2.18. The van der Waals surface area contributed by atoms with Crippen LogP contribution < -0.4 is 10.0 Å². The predicted molar refractivity (Wildman–Crippen MR) is 121 cm³/mol. The Balaban J connectivity index is 0.000000580. The fourth-order valence-corrected chi connectivity index (χ4v) is 2.79. The lowest BCUT2D eigenvalue weighted by molar-refractivity contribution is 0.541. The van der Waals surface area contributed by atoms with Gasteiger partial charge in [0.25, 0.3) is 0 Å². The second-order valence-electron chi connectivity index (χ2n) is 6.39. The number of nitrogens with zero attached hydrogens (tertiary/aromatic N) is 1. The molecule has 0 aliphatic rings. The van der Waals surface area contributed by atoms with Crippen LogP contribution in [0.15, 0.2) is 73.0 Å². The summed E-state index contributed by atoms with van der Waals surface area (Å²) in [5, 5.41) is 11.3. The van der Waals surface area contributed by atoms with Crippen LogP contribution >= 0.6 is 12.8 Å². The van der Waals surface area contributed by atoms with Gasteiger partial charge in [0.15, 0.2) is 6.19 Å². The van der Waals surface area contributed by atoms with Gasteiger partial charge in [0.2, 0.25) is 0 Å². The molecule has 1 atom stereocenters. The SMILES string of the molecule is C=C(NC#N)C(c1ccc(CC)cc1)C(C)C.C=C/C(=C\C=C/C)CNS. The molecule has 0 aliphatic heterocycles. The molecular formula is C23H33N3S. The fraction of sp³-hybridized carbons (Fsp3) is 0.348. The minimum atomic E-state index is 0.181. The number of benzene rings is 1. The first-order valence-electron chi connectivity index (χ1n) is 9.18. The third-order valence-corrected chi connectivity index (χ3v) is 4.21. The van der Waals surface area contributed by atoms with Gasteiger partial charge in [0.1, 0.15) is 0 Å². The Morgan fingerprint density at radius 3 is 2.33 bits per heavy atom. The molecule has 2 N–H and O–H groups in total. The van der Waals surface area contributed by atoms with E-state index in [1.165, 1.54) is 11.1 Å². The van der Waals surface area contributed by atoms with E-state index in [0.717, 1.165) is 24.2 Å². The second kappa shape index (κ2) is 14.9. The summed E-state index contributed by atoms with van der Waals surface area (Å²) in [4.78, 5) is 0. The Labute approximate surface area is 171 Å². The molecule has 1 aromatic rings. The lowest BCUT2D eigenvalue weighted by Crippen LogP contribution is -2.18. The van der Waals surface area contributed by atoms with Gasteiger partial charge in [-0.25, -0.2) is 0 Å². The van der Waals surface area contributed by atoms with E-state index >= 15 is 0 Å². The van der Waals surface area contributed by atoms with Crippen molar-refractivity contribution in [2.24, 2.45) is 5.92 Å². The summed E-state index contributed by atoms with van der Waals surface area (Å²) in [6.07, 6.45) is 10.7. The van der Waals surface area contributed by atoms with Crippen LogP contribution in [0.2, 0.25) is 0 Å². The van der Waals surface area contributed by atoms with E-state index in [1.807, 2.05) is 37.4 Å². The van der Waals surface area contributed by atoms with Gasteiger partial charge < -0.3 is 0 Å². The van der Waals surface area contributed by atoms with Crippen molar-refractivity contribution in [3.8, 4) is 6.19 Å². The summed E-state index contributed by atoms with van der Waals surface area (Å²) >= 11 is 3.87. The van der Waals surface area contributed by atoms with Crippen LogP contribution in [0.4, 0.5) is 0 Å². The number of allylic oxidation sites excluding steroid dienone is 4. The zero-order chi connectivity index (χ0) is 20.7. The number of nitriles is 1. The number of hydrogen-bond acceptors (Lipinski definition) is 4. The molecule has 0 bridgehead atoms. The van der Waals surface area contributed by atoms with E-state index in [0.29, 0.717) is 5.92 Å². The highest BCUT2D eigenvalue weighted by Crippen LogP contribution is 2.29. The molecule has 0 spiro atoms. The maximum Gasteiger partial charge on any atom is 0.181 e. The van der Waals surface area contributed by atoms with Crippen LogP contribution in [0.5, 0.6) is 0 Å². The molecule has 27 heavy (non-hydrogen) atoms. The lowest BCUT2D eigenvalue weighted by Gasteiger charge is -2.22. The molecule has 3 nitrogen and oxygen atoms in total. The first-order valence-corrected chi connectivity index (χ1v) is 9.63. The fourth-order valence-electron chi connectivity index (χ4n) is 2.61. The number of thiol groups is 1. The number of nitrogens with one attached hydrogen (secondary N) is 2. The quantitative estimate of drug-likeness (QED) is 0.222. The zero-order valence-corrected chi connectivity index (χ0v) is 17.9. The molecule has 0 amide bonds. The Hall–Kier alpha value is -2.22. The molecule has 0 aliphatic carbocycles. The van der Waals surface area contributed by atoms with Crippen molar-refractivity contribution in [3.63, 3.8) is 0 Å². The van der Waals surface area contributed by atoms with Gasteiger partial charge in [-0.15, -0.1) is 0 Å². The highest BCUT2D eigenvalue weighted by atomic mass is 32.1. The van der Waals surface area contributed by atoms with Gasteiger partial charge in [-0.2, -0.15) is 5.26 Å². The Bertz CT molecular complexity index is 664. The molecule has 0 radical (unpaired) electrons. The van der Waals surface area contributed by atoms with Crippen LogP contribution in [0.3, 0.4) is 0 Å². The maximum absolute atomic E-state index is 8.67. The topological polar surface area (TPSA) is 47.9 Å². The van der Waals surface area contributed by atoms with E-state index < -0.39 is 0 Å². The minimum absolute atomic E-state index is 0.181. The Morgan fingerprint density at radius 1 is 1.30 bits per heavy atom. The van der Waals surface area contributed by atoms with Crippen molar-refractivity contribution in [1.82, 2.24) is 10.0 Å². The second-order valence-corrected chi connectivity index (χ2v) is 6.70. The molecule has 1 unspecified atom stereocenters. The Kier molecular flexibility index (Phi) is 13.7. The monoisotopic (exact) mass is 383 g/mol. The summed E-state index contributed by atoms with van der Waals surface area (Å²) in [6.45, 7) is 16.8. The largest absolute Gasteiger partial charge is 0.297 e. The van der Waals surface area contributed by atoms with E-state index in [-0.39, 0.29) is 5.92 Å². The minimum Gasteiger partial charge on any atom is -0.297 e. The van der Waals surface area contributed by atoms with Gasteiger partial charge >= 0.3 is 0 Å². The number of hydrogen-bond donors (Lipinski definition) is 3. The third kappa shape index (κ3) is 9.89. The molecule has 0 fully saturated rings. The van der Waals surface area contributed by atoms with E-state index in [1.54, 1.807) is 0 Å². The van der Waals surface area contributed by atoms with Crippen molar-refractivity contribution in [3.05, 3.63) is 84.1 Å². The van der Waals surface area contributed by atoms with E-state index in [2.05, 4.69) is 81.0 Å². The number of rotatable bonds is 9. The summed E-state index contributed by atoms with van der Waals surface area (Å²) in [5.41, 5.74) is 4.44. The van der Waals surface area contributed by atoms with Crippen LogP contribution in [0.1, 0.15) is 44.7 Å². The number of aryl methyl sites for hydroxylation is 1. The van der Waals surface area contributed by atoms with E-state index in [4.69, 9.17) is 5.26 Å². The van der Waals surface area contributed by atoms with Gasteiger partial charge in [0, 0.05) is 18.2 Å². The molecule has 1 aromatic carbocycles. The third-order valence-electron chi connectivity index (χ3n) is 4.05.